The standard InChI is InChI=1S/C14H19ClINO/c1-9(2)14(3,4)8-17-13(18)11-7-10(15)5-6-12(11)16/h5-7,9H,8H2,1-4H3,(H,17,18). The minimum absolute atomic E-state index is 0.0596. The van der Waals surface area contributed by atoms with Gasteiger partial charge < -0.3 is 5.32 Å². The zero-order valence-electron chi connectivity index (χ0n) is 11.2. The van der Waals surface area contributed by atoms with E-state index in [0.29, 0.717) is 23.0 Å². The molecule has 0 saturated carbocycles. The molecule has 4 heteroatoms. The molecule has 1 aromatic carbocycles. The third-order valence-corrected chi connectivity index (χ3v) is 4.62. The highest BCUT2D eigenvalue weighted by Crippen LogP contribution is 2.25. The Labute approximate surface area is 128 Å². The third-order valence-electron chi connectivity index (χ3n) is 3.44. The van der Waals surface area contributed by atoms with Crippen LogP contribution in [0.15, 0.2) is 18.2 Å². The lowest BCUT2D eigenvalue weighted by Gasteiger charge is -2.29. The van der Waals surface area contributed by atoms with E-state index in [1.165, 1.54) is 0 Å². The van der Waals surface area contributed by atoms with E-state index < -0.39 is 0 Å². The molecule has 0 spiro atoms. The fourth-order valence-electron chi connectivity index (χ4n) is 1.28. The van der Waals surface area contributed by atoms with Crippen molar-refractivity contribution >= 4 is 40.1 Å². The largest absolute Gasteiger partial charge is 0.351 e. The molecule has 1 N–H and O–H groups in total. The van der Waals surface area contributed by atoms with Gasteiger partial charge >= 0.3 is 0 Å². The van der Waals surface area contributed by atoms with E-state index in [1.807, 2.05) is 6.07 Å². The zero-order chi connectivity index (χ0) is 13.9. The molecule has 0 fully saturated rings. The summed E-state index contributed by atoms with van der Waals surface area (Å²) in [6.45, 7) is 9.29. The van der Waals surface area contributed by atoms with Gasteiger partial charge in [-0.25, -0.2) is 0 Å². The number of carbonyl (C=O) groups is 1. The minimum atomic E-state index is -0.0596. The molecule has 18 heavy (non-hydrogen) atoms. The first-order valence-corrected chi connectivity index (χ1v) is 7.43. The van der Waals surface area contributed by atoms with Crippen molar-refractivity contribution in [3.63, 3.8) is 0 Å². The molecule has 0 unspecified atom stereocenters. The van der Waals surface area contributed by atoms with Crippen LogP contribution in [0.3, 0.4) is 0 Å². The molecule has 0 aliphatic heterocycles. The summed E-state index contributed by atoms with van der Waals surface area (Å²) in [4.78, 5) is 12.1. The van der Waals surface area contributed by atoms with Crippen LogP contribution >= 0.6 is 34.2 Å². The van der Waals surface area contributed by atoms with Gasteiger partial charge in [0.2, 0.25) is 0 Å². The maximum Gasteiger partial charge on any atom is 0.252 e. The van der Waals surface area contributed by atoms with E-state index in [-0.39, 0.29) is 11.3 Å². The van der Waals surface area contributed by atoms with Crippen LogP contribution in [-0.4, -0.2) is 12.5 Å². The van der Waals surface area contributed by atoms with Gasteiger partial charge in [-0.2, -0.15) is 0 Å². The molecule has 1 amide bonds. The molecule has 0 heterocycles. The van der Waals surface area contributed by atoms with Gasteiger partial charge in [-0.3, -0.25) is 4.79 Å². The topological polar surface area (TPSA) is 29.1 Å². The highest BCUT2D eigenvalue weighted by molar-refractivity contribution is 14.1. The van der Waals surface area contributed by atoms with Crippen LogP contribution in [0.5, 0.6) is 0 Å². The van der Waals surface area contributed by atoms with Crippen molar-refractivity contribution in [2.75, 3.05) is 6.54 Å². The van der Waals surface area contributed by atoms with Crippen molar-refractivity contribution in [1.29, 1.82) is 0 Å². The first-order valence-electron chi connectivity index (χ1n) is 5.97. The molecule has 1 aromatic rings. The van der Waals surface area contributed by atoms with Crippen LogP contribution < -0.4 is 5.32 Å². The number of amides is 1. The Morgan fingerprint density at radius 3 is 2.61 bits per heavy atom. The van der Waals surface area contributed by atoms with E-state index in [1.54, 1.807) is 12.1 Å². The second kappa shape index (κ2) is 6.24. The summed E-state index contributed by atoms with van der Waals surface area (Å²) in [6, 6.07) is 5.35. The van der Waals surface area contributed by atoms with Crippen LogP contribution in [0.1, 0.15) is 38.1 Å². The number of halogens is 2. The molecule has 0 saturated heterocycles. The average Bonchev–Trinajstić information content (AvgIpc) is 2.29. The molecule has 0 aliphatic rings. The maximum atomic E-state index is 12.1. The van der Waals surface area contributed by atoms with Crippen molar-refractivity contribution < 1.29 is 4.79 Å². The predicted octanol–water partition coefficient (Wildman–Crippen LogP) is 4.36. The number of hydrogen-bond donors (Lipinski definition) is 1. The van der Waals surface area contributed by atoms with Gasteiger partial charge in [0.1, 0.15) is 0 Å². The van der Waals surface area contributed by atoms with Crippen molar-refractivity contribution in [3.8, 4) is 0 Å². The third kappa shape index (κ3) is 4.12. The highest BCUT2D eigenvalue weighted by atomic mass is 127. The Morgan fingerprint density at radius 1 is 1.44 bits per heavy atom. The van der Waals surface area contributed by atoms with Gasteiger partial charge in [-0.15, -0.1) is 0 Å². The van der Waals surface area contributed by atoms with E-state index in [2.05, 4.69) is 55.6 Å². The second-order valence-electron chi connectivity index (χ2n) is 5.45. The Bertz CT molecular complexity index is 443. The molecule has 0 aliphatic carbocycles. The first kappa shape index (κ1) is 15.8. The zero-order valence-corrected chi connectivity index (χ0v) is 14.1. The summed E-state index contributed by atoms with van der Waals surface area (Å²) in [5, 5.41) is 3.57. The van der Waals surface area contributed by atoms with E-state index >= 15 is 0 Å². The fourth-order valence-corrected chi connectivity index (χ4v) is 2.03. The van der Waals surface area contributed by atoms with Gasteiger partial charge in [-0.05, 0) is 52.1 Å². The SMILES string of the molecule is CC(C)C(C)(C)CNC(=O)c1cc(Cl)ccc1I. The van der Waals surface area contributed by atoms with Crippen molar-refractivity contribution in [2.45, 2.75) is 27.7 Å². The number of carbonyl (C=O) groups excluding carboxylic acids is 1. The number of rotatable bonds is 4. The van der Waals surface area contributed by atoms with Crippen molar-refractivity contribution in [1.82, 2.24) is 5.32 Å². The summed E-state index contributed by atoms with van der Waals surface area (Å²) < 4.78 is 0.914. The van der Waals surface area contributed by atoms with Gasteiger partial charge in [0, 0.05) is 15.1 Å². The number of hydrogen-bond acceptors (Lipinski definition) is 1. The lowest BCUT2D eigenvalue weighted by molar-refractivity contribution is 0.0924. The Morgan fingerprint density at radius 2 is 2.06 bits per heavy atom. The Kier molecular flexibility index (Phi) is 5.46. The highest BCUT2D eigenvalue weighted by Gasteiger charge is 2.23. The molecular formula is C14H19ClINO. The number of benzene rings is 1. The molecule has 1 rings (SSSR count). The normalized spacial score (nSPS) is 11.7. The Balaban J connectivity index is 2.75. The summed E-state index contributed by atoms with van der Waals surface area (Å²) in [5.41, 5.74) is 0.724. The van der Waals surface area contributed by atoms with Gasteiger partial charge in [0.05, 0.1) is 5.56 Å². The molecule has 0 bridgehead atoms. The monoisotopic (exact) mass is 379 g/mol. The molecule has 0 radical (unpaired) electrons. The minimum Gasteiger partial charge on any atom is -0.351 e. The van der Waals surface area contributed by atoms with Gasteiger partial charge in [0.25, 0.3) is 5.91 Å². The summed E-state index contributed by atoms with van der Waals surface area (Å²) in [7, 11) is 0. The molecule has 0 aromatic heterocycles. The Hall–Kier alpha value is -0.290. The lowest BCUT2D eigenvalue weighted by atomic mass is 9.81. The summed E-state index contributed by atoms with van der Waals surface area (Å²) in [5.74, 6) is 0.451. The number of nitrogens with one attached hydrogen (secondary N) is 1. The summed E-state index contributed by atoms with van der Waals surface area (Å²) >= 11 is 8.06. The van der Waals surface area contributed by atoms with Gasteiger partial charge in [-0.1, -0.05) is 39.3 Å². The van der Waals surface area contributed by atoms with Gasteiger partial charge in [0.15, 0.2) is 0 Å². The van der Waals surface area contributed by atoms with Crippen molar-refractivity contribution in [2.24, 2.45) is 11.3 Å². The van der Waals surface area contributed by atoms with Crippen LogP contribution in [-0.2, 0) is 0 Å². The van der Waals surface area contributed by atoms with E-state index in [0.717, 1.165) is 3.57 Å². The smallest absolute Gasteiger partial charge is 0.252 e. The maximum absolute atomic E-state index is 12.1. The van der Waals surface area contributed by atoms with Crippen LogP contribution in [0.4, 0.5) is 0 Å². The van der Waals surface area contributed by atoms with E-state index in [9.17, 15) is 4.79 Å². The van der Waals surface area contributed by atoms with E-state index in [4.69, 9.17) is 11.6 Å². The quantitative estimate of drug-likeness (QED) is 0.774. The van der Waals surface area contributed by atoms with Crippen molar-refractivity contribution in [3.05, 3.63) is 32.4 Å². The average molecular weight is 380 g/mol. The first-order chi connectivity index (χ1) is 8.24. The molecule has 100 valence electrons. The van der Waals surface area contributed by atoms with Crippen LogP contribution in [0.2, 0.25) is 5.02 Å². The molecule has 0 atom stereocenters. The van der Waals surface area contributed by atoms with Crippen LogP contribution in [0.25, 0.3) is 0 Å². The van der Waals surface area contributed by atoms with Crippen LogP contribution in [0, 0.1) is 14.9 Å². The molecule has 2 nitrogen and oxygen atoms in total. The predicted molar refractivity (Wildman–Crippen MR) is 85.1 cm³/mol. The second-order valence-corrected chi connectivity index (χ2v) is 7.05. The lowest BCUT2D eigenvalue weighted by Crippen LogP contribution is -2.37. The molecular weight excluding hydrogens is 361 g/mol. The fraction of sp³-hybridized carbons (Fsp3) is 0.500. The summed E-state index contributed by atoms with van der Waals surface area (Å²) in [6.07, 6.45) is 0.